The van der Waals surface area contributed by atoms with E-state index in [2.05, 4.69) is 110 Å². The third-order valence-electron chi connectivity index (χ3n) is 8.14. The molecule has 0 fully saturated rings. The maximum absolute atomic E-state index is 7.76. The maximum Gasteiger partial charge on any atom is 0.210 e. The summed E-state index contributed by atoms with van der Waals surface area (Å²) in [7, 11) is 0. The van der Waals surface area contributed by atoms with E-state index in [1.165, 1.54) is 21.8 Å². The highest BCUT2D eigenvalue weighted by atomic mass is 15.0. The quantitative estimate of drug-likeness (QED) is 0.201. The zero-order valence-corrected chi connectivity index (χ0v) is 22.5. The second-order valence-electron chi connectivity index (χ2n) is 10.4. The Morgan fingerprint density at radius 1 is 0.429 bits per heavy atom. The summed E-state index contributed by atoms with van der Waals surface area (Å²) in [6, 6.07) is 45.8. The van der Waals surface area contributed by atoms with Gasteiger partial charge in [0.2, 0.25) is 5.69 Å². The van der Waals surface area contributed by atoms with Crippen molar-refractivity contribution in [1.29, 1.82) is 0 Å². The molecule has 0 aliphatic heterocycles. The predicted molar refractivity (Wildman–Crippen MR) is 173 cm³/mol. The summed E-state index contributed by atoms with van der Waals surface area (Å²) in [6.45, 7) is 15.4. The maximum atomic E-state index is 7.76. The summed E-state index contributed by atoms with van der Waals surface area (Å²) in [5.41, 5.74) is 9.68. The molecule has 0 atom stereocenters. The van der Waals surface area contributed by atoms with Crippen molar-refractivity contribution >= 4 is 55.0 Å². The lowest BCUT2D eigenvalue weighted by Crippen LogP contribution is -1.94. The number of nitrogens with zero attached hydrogens (tertiary/aromatic N) is 4. The van der Waals surface area contributed by atoms with Crippen molar-refractivity contribution in [2.75, 3.05) is 0 Å². The molecule has 0 radical (unpaired) electrons. The lowest BCUT2D eigenvalue weighted by atomic mass is 10.0. The lowest BCUT2D eigenvalue weighted by Gasteiger charge is -2.11. The second kappa shape index (κ2) is 9.24. The molecule has 0 saturated heterocycles. The van der Waals surface area contributed by atoms with E-state index in [0.717, 1.165) is 44.3 Å². The molecule has 0 amide bonds. The van der Waals surface area contributed by atoms with Crippen LogP contribution in [0, 0.1) is 13.1 Å². The fraction of sp³-hybridized carbons (Fsp3) is 0. The summed E-state index contributed by atoms with van der Waals surface area (Å²) in [5.74, 6) is 0. The smallest absolute Gasteiger partial charge is 0.210 e. The molecule has 0 aliphatic rings. The fourth-order valence-corrected chi connectivity index (χ4v) is 6.29. The molecule has 0 bridgehead atoms. The van der Waals surface area contributed by atoms with Gasteiger partial charge in [-0.05, 0) is 71.1 Å². The Balaban J connectivity index is 1.36. The van der Waals surface area contributed by atoms with Crippen LogP contribution in [0.25, 0.3) is 75.8 Å². The molecule has 42 heavy (non-hydrogen) atoms. The number of hydrogen-bond donors (Lipinski definition) is 0. The summed E-state index contributed by atoms with van der Waals surface area (Å²) in [6.07, 6.45) is 0. The Bertz CT molecular complexity index is 2390. The summed E-state index contributed by atoms with van der Waals surface area (Å²) in [5, 5.41) is 4.53. The van der Waals surface area contributed by atoms with Gasteiger partial charge in [-0.2, -0.15) is 0 Å². The highest BCUT2D eigenvalue weighted by molar-refractivity contribution is 6.12. The van der Waals surface area contributed by atoms with Crippen molar-refractivity contribution in [2.24, 2.45) is 0 Å². The Morgan fingerprint density at radius 3 is 1.79 bits per heavy atom. The monoisotopic (exact) mass is 534 g/mol. The zero-order chi connectivity index (χ0) is 28.2. The highest BCUT2D eigenvalue weighted by Gasteiger charge is 2.17. The van der Waals surface area contributed by atoms with E-state index in [0.29, 0.717) is 11.4 Å². The molecule has 4 heteroatoms. The molecule has 0 unspecified atom stereocenters. The first-order valence-electron chi connectivity index (χ1n) is 13.8. The van der Waals surface area contributed by atoms with Crippen molar-refractivity contribution in [1.82, 2.24) is 9.13 Å². The van der Waals surface area contributed by atoms with Crippen LogP contribution in [-0.4, -0.2) is 9.13 Å². The van der Waals surface area contributed by atoms with Crippen LogP contribution in [0.4, 0.5) is 11.4 Å². The van der Waals surface area contributed by atoms with Gasteiger partial charge in [0, 0.05) is 21.8 Å². The SMILES string of the molecule is [C-]#[N+]c1ccc2c(c1)c1cc(-c3cccc(-n4c5ccccc5c5ccccc54)c3)ccc1n2-c1ccccc1[N+]#[C-]. The Kier molecular flexibility index (Phi) is 5.22. The van der Waals surface area contributed by atoms with Crippen molar-refractivity contribution in [3.63, 3.8) is 0 Å². The minimum absolute atomic E-state index is 0.591. The van der Waals surface area contributed by atoms with Gasteiger partial charge in [-0.15, -0.1) is 0 Å². The number of benzene rings is 6. The van der Waals surface area contributed by atoms with Crippen LogP contribution in [0.5, 0.6) is 0 Å². The molecule has 0 saturated carbocycles. The minimum atomic E-state index is 0.591. The molecule has 2 heterocycles. The van der Waals surface area contributed by atoms with Gasteiger partial charge in [0.15, 0.2) is 5.69 Å². The lowest BCUT2D eigenvalue weighted by molar-refractivity contribution is 1.18. The van der Waals surface area contributed by atoms with Crippen LogP contribution in [-0.2, 0) is 0 Å². The number of para-hydroxylation sites is 4. The van der Waals surface area contributed by atoms with Gasteiger partial charge < -0.3 is 9.13 Å². The van der Waals surface area contributed by atoms with Crippen molar-refractivity contribution < 1.29 is 0 Å². The molecule has 0 spiro atoms. The highest BCUT2D eigenvalue weighted by Crippen LogP contribution is 2.39. The first-order chi connectivity index (χ1) is 20.7. The van der Waals surface area contributed by atoms with E-state index < -0.39 is 0 Å². The van der Waals surface area contributed by atoms with Gasteiger partial charge in [-0.3, -0.25) is 0 Å². The molecule has 8 rings (SSSR count). The Hall–Kier alpha value is -6.10. The van der Waals surface area contributed by atoms with Crippen LogP contribution in [0.3, 0.4) is 0 Å². The van der Waals surface area contributed by atoms with E-state index in [-0.39, 0.29) is 0 Å². The number of hydrogen-bond acceptors (Lipinski definition) is 0. The molecule has 8 aromatic rings. The van der Waals surface area contributed by atoms with E-state index in [9.17, 15) is 0 Å². The number of aromatic nitrogens is 2. The molecule has 194 valence electrons. The third kappa shape index (κ3) is 3.47. The normalized spacial score (nSPS) is 11.3. The predicted octanol–water partition coefficient (Wildman–Crippen LogP) is 10.6. The average molecular weight is 535 g/mol. The van der Waals surface area contributed by atoms with E-state index in [1.54, 1.807) is 0 Å². The van der Waals surface area contributed by atoms with Crippen LogP contribution < -0.4 is 0 Å². The average Bonchev–Trinajstić information content (AvgIpc) is 3.57. The Labute approximate surface area is 242 Å². The topological polar surface area (TPSA) is 18.6 Å². The number of fused-ring (bicyclic) bond motifs is 6. The Morgan fingerprint density at radius 2 is 1.05 bits per heavy atom. The zero-order valence-electron chi connectivity index (χ0n) is 22.5. The molecule has 0 N–H and O–H groups in total. The largest absolute Gasteiger partial charge is 0.319 e. The molecule has 2 aromatic heterocycles. The molecular weight excluding hydrogens is 512 g/mol. The van der Waals surface area contributed by atoms with Crippen molar-refractivity contribution in [2.45, 2.75) is 0 Å². The van der Waals surface area contributed by atoms with Gasteiger partial charge in [-0.25, -0.2) is 9.69 Å². The third-order valence-corrected chi connectivity index (χ3v) is 8.14. The summed E-state index contributed by atoms with van der Waals surface area (Å²) >= 11 is 0. The van der Waals surface area contributed by atoms with Gasteiger partial charge in [0.1, 0.15) is 0 Å². The standard InChI is InChI=1S/C38H22N4/c1-39-27-19-21-37-32(24-27)31-23-26(18-20-36(31)42(37)38-17-8-5-14-33(38)40-2)25-10-9-11-28(22-25)41-34-15-6-3-12-29(34)30-13-4-7-16-35(30)41/h3-24H. The van der Waals surface area contributed by atoms with E-state index in [4.69, 9.17) is 13.1 Å². The fourth-order valence-electron chi connectivity index (χ4n) is 6.29. The van der Waals surface area contributed by atoms with Gasteiger partial charge in [0.25, 0.3) is 0 Å². The summed E-state index contributed by atoms with van der Waals surface area (Å²) in [4.78, 5) is 7.50. The van der Waals surface area contributed by atoms with Crippen LogP contribution in [0.1, 0.15) is 0 Å². The van der Waals surface area contributed by atoms with E-state index in [1.807, 2.05) is 42.5 Å². The van der Waals surface area contributed by atoms with Crippen molar-refractivity contribution in [3.05, 3.63) is 156 Å². The molecule has 0 aliphatic carbocycles. The van der Waals surface area contributed by atoms with E-state index >= 15 is 0 Å². The molecular formula is C38H22N4. The number of rotatable bonds is 3. The van der Waals surface area contributed by atoms with Gasteiger partial charge >= 0.3 is 0 Å². The van der Waals surface area contributed by atoms with Crippen LogP contribution >= 0.6 is 0 Å². The minimum Gasteiger partial charge on any atom is -0.319 e. The molecule has 4 nitrogen and oxygen atoms in total. The van der Waals surface area contributed by atoms with Crippen molar-refractivity contribution in [3.8, 4) is 22.5 Å². The van der Waals surface area contributed by atoms with Crippen LogP contribution in [0.2, 0.25) is 0 Å². The van der Waals surface area contributed by atoms with Gasteiger partial charge in [0.05, 0.1) is 40.9 Å². The first kappa shape index (κ1) is 23.8. The first-order valence-corrected chi connectivity index (χ1v) is 13.8. The molecule has 6 aromatic carbocycles. The second-order valence-corrected chi connectivity index (χ2v) is 10.4. The van der Waals surface area contributed by atoms with Gasteiger partial charge in [-0.1, -0.05) is 78.9 Å². The summed E-state index contributed by atoms with van der Waals surface area (Å²) < 4.78 is 4.48. The van der Waals surface area contributed by atoms with Crippen LogP contribution in [0.15, 0.2) is 133 Å².